The third-order valence-electron chi connectivity index (χ3n) is 7.23. The second-order valence-electron chi connectivity index (χ2n) is 10.4. The molecular weight excluding hydrogens is 552 g/mol. The van der Waals surface area contributed by atoms with Crippen molar-refractivity contribution in [1.82, 2.24) is 19.6 Å². The van der Waals surface area contributed by atoms with Gasteiger partial charge in [-0.1, -0.05) is 18.2 Å². The van der Waals surface area contributed by atoms with Crippen molar-refractivity contribution in [2.45, 2.75) is 47.3 Å². The number of alkyl halides is 2. The van der Waals surface area contributed by atoms with Gasteiger partial charge >= 0.3 is 0 Å². The summed E-state index contributed by atoms with van der Waals surface area (Å²) < 4.78 is 57.1. The third kappa shape index (κ3) is 6.24. The standard InChI is InChI=1S/C24H24F2N4O3S.C4H7N3/c1-30-11-9-22(29-30)28-23(31)17(12-15-8-10-24(25,26)14-15)16-6-7-21-19(13-16)27-18-4-2-3-5-20(18)34(21,32)33;1-7-3-2-4(5)6-7/h2-7,9,11,13,15,17,27H,8,10,12,14H2,1H3,(H,28,29,31);2-3H,1H3,(H2,5,6). The van der Waals surface area contributed by atoms with Crippen LogP contribution in [0.1, 0.15) is 37.2 Å². The number of hydrogen-bond acceptors (Lipinski definition) is 7. The fourth-order valence-corrected chi connectivity index (χ4v) is 6.81. The summed E-state index contributed by atoms with van der Waals surface area (Å²) in [5, 5.41) is 13.9. The van der Waals surface area contributed by atoms with Gasteiger partial charge in [0.1, 0.15) is 5.82 Å². The Bertz CT molecular complexity index is 1670. The lowest BCUT2D eigenvalue weighted by Gasteiger charge is -2.25. The van der Waals surface area contributed by atoms with Crippen molar-refractivity contribution in [3.8, 4) is 0 Å². The SMILES string of the molecule is Cn1ccc(N)n1.Cn1ccc(NC(=O)C(CC2CCC(F)(F)C2)c2ccc3c(c2)Nc2ccccc2S3(=O)=O)n1. The zero-order valence-electron chi connectivity index (χ0n) is 22.6. The Balaban J connectivity index is 0.000000423. The molecule has 2 aromatic heterocycles. The number of hydrogen-bond donors (Lipinski definition) is 3. The van der Waals surface area contributed by atoms with Gasteiger partial charge in [-0.2, -0.15) is 10.2 Å². The van der Waals surface area contributed by atoms with Crippen LogP contribution < -0.4 is 16.4 Å². The molecule has 10 nitrogen and oxygen atoms in total. The number of nitrogen functional groups attached to an aromatic ring is 1. The van der Waals surface area contributed by atoms with Crippen LogP contribution in [0.5, 0.6) is 0 Å². The number of nitrogens with zero attached hydrogens (tertiary/aromatic N) is 4. The van der Waals surface area contributed by atoms with Crippen LogP contribution in [-0.4, -0.2) is 39.8 Å². The maximum absolute atomic E-state index is 13.9. The molecule has 6 rings (SSSR count). The first-order chi connectivity index (χ1) is 19.4. The highest BCUT2D eigenvalue weighted by atomic mass is 32.2. The lowest BCUT2D eigenvalue weighted by atomic mass is 9.87. The predicted molar refractivity (Wildman–Crippen MR) is 151 cm³/mol. The number of aryl methyl sites for hydroxylation is 2. The summed E-state index contributed by atoms with van der Waals surface area (Å²) in [5.74, 6) is -3.21. The molecule has 216 valence electrons. The van der Waals surface area contributed by atoms with Gasteiger partial charge in [-0.15, -0.1) is 0 Å². The Kier molecular flexibility index (Phi) is 7.56. The van der Waals surface area contributed by atoms with Gasteiger partial charge in [-0.25, -0.2) is 17.2 Å². The molecule has 0 radical (unpaired) electrons. The smallest absolute Gasteiger partial charge is 0.248 e. The Morgan fingerprint density at radius 3 is 2.39 bits per heavy atom. The number of benzene rings is 2. The lowest BCUT2D eigenvalue weighted by molar-refractivity contribution is -0.118. The Hall–Kier alpha value is -4.26. The van der Waals surface area contributed by atoms with E-state index in [9.17, 15) is 22.0 Å². The van der Waals surface area contributed by atoms with Gasteiger partial charge < -0.3 is 16.4 Å². The van der Waals surface area contributed by atoms with Crippen molar-refractivity contribution in [2.75, 3.05) is 16.4 Å². The molecule has 1 amide bonds. The summed E-state index contributed by atoms with van der Waals surface area (Å²) in [5.41, 5.74) is 6.63. The first-order valence-electron chi connectivity index (χ1n) is 13.1. The van der Waals surface area contributed by atoms with Crippen LogP contribution >= 0.6 is 0 Å². The van der Waals surface area contributed by atoms with E-state index >= 15 is 0 Å². The Labute approximate surface area is 236 Å². The second kappa shape index (κ2) is 11.0. The van der Waals surface area contributed by atoms with Gasteiger partial charge in [0.05, 0.1) is 27.1 Å². The minimum atomic E-state index is -3.72. The molecule has 41 heavy (non-hydrogen) atoms. The van der Waals surface area contributed by atoms with Crippen molar-refractivity contribution < 1.29 is 22.0 Å². The maximum atomic E-state index is 13.9. The number of nitrogens with two attached hydrogens (primary N) is 1. The van der Waals surface area contributed by atoms with Crippen LogP contribution in [-0.2, 0) is 28.7 Å². The number of fused-ring (bicyclic) bond motifs is 2. The molecule has 0 spiro atoms. The largest absolute Gasteiger partial charge is 0.382 e. The summed E-state index contributed by atoms with van der Waals surface area (Å²) in [4.78, 5) is 13.6. The Morgan fingerprint density at radius 1 is 1.07 bits per heavy atom. The molecule has 1 saturated carbocycles. The average molecular weight is 584 g/mol. The topological polar surface area (TPSA) is 137 Å². The quantitative estimate of drug-likeness (QED) is 0.269. The monoisotopic (exact) mass is 583 g/mol. The molecule has 13 heteroatoms. The van der Waals surface area contributed by atoms with Crippen molar-refractivity contribution in [2.24, 2.45) is 20.0 Å². The highest BCUT2D eigenvalue weighted by Crippen LogP contribution is 2.45. The van der Waals surface area contributed by atoms with Gasteiger partial charge in [0.15, 0.2) is 5.82 Å². The fourth-order valence-electron chi connectivity index (χ4n) is 5.26. The zero-order chi connectivity index (χ0) is 29.4. The van der Waals surface area contributed by atoms with E-state index in [4.69, 9.17) is 5.73 Å². The molecule has 1 aliphatic carbocycles. The number of aromatic nitrogens is 4. The molecule has 3 heterocycles. The van der Waals surface area contributed by atoms with E-state index in [-0.39, 0.29) is 40.9 Å². The van der Waals surface area contributed by atoms with Gasteiger partial charge in [0.2, 0.25) is 21.7 Å². The van der Waals surface area contributed by atoms with Crippen LogP contribution in [0.2, 0.25) is 0 Å². The minimum absolute atomic E-state index is 0.117. The molecule has 4 N–H and O–H groups in total. The molecule has 4 aromatic rings. The molecule has 1 fully saturated rings. The van der Waals surface area contributed by atoms with E-state index in [0.29, 0.717) is 35.0 Å². The molecule has 2 atom stereocenters. The summed E-state index contributed by atoms with van der Waals surface area (Å²) in [7, 11) is -0.170. The number of para-hydroxylation sites is 1. The number of carbonyl (C=O) groups excluding carboxylic acids is 1. The molecule has 1 aliphatic heterocycles. The minimum Gasteiger partial charge on any atom is -0.382 e. The lowest BCUT2D eigenvalue weighted by Crippen LogP contribution is -2.24. The fraction of sp³-hybridized carbons (Fsp3) is 0.321. The summed E-state index contributed by atoms with van der Waals surface area (Å²) in [6.45, 7) is 0. The first-order valence-corrected chi connectivity index (χ1v) is 14.6. The summed E-state index contributed by atoms with van der Waals surface area (Å²) >= 11 is 0. The molecule has 0 bridgehead atoms. The molecule has 2 aromatic carbocycles. The van der Waals surface area contributed by atoms with Crippen LogP contribution in [0, 0.1) is 5.92 Å². The van der Waals surface area contributed by atoms with Gasteiger partial charge in [-0.05, 0) is 54.7 Å². The zero-order valence-corrected chi connectivity index (χ0v) is 23.4. The number of carbonyl (C=O) groups is 1. The number of rotatable bonds is 5. The van der Waals surface area contributed by atoms with E-state index < -0.39 is 21.7 Å². The highest BCUT2D eigenvalue weighted by Gasteiger charge is 2.41. The Morgan fingerprint density at radius 2 is 1.78 bits per heavy atom. The van der Waals surface area contributed by atoms with Crippen molar-refractivity contribution in [3.63, 3.8) is 0 Å². The van der Waals surface area contributed by atoms with Crippen molar-refractivity contribution in [3.05, 3.63) is 72.6 Å². The third-order valence-corrected chi connectivity index (χ3v) is 9.10. The van der Waals surface area contributed by atoms with Crippen LogP contribution in [0.3, 0.4) is 0 Å². The van der Waals surface area contributed by atoms with Crippen LogP contribution in [0.15, 0.2) is 76.8 Å². The van der Waals surface area contributed by atoms with E-state index in [1.165, 1.54) is 12.1 Å². The number of sulfone groups is 1. The first kappa shape index (κ1) is 28.3. The van der Waals surface area contributed by atoms with Crippen molar-refractivity contribution in [1.29, 1.82) is 0 Å². The number of nitrogens with one attached hydrogen (secondary N) is 2. The summed E-state index contributed by atoms with van der Waals surface area (Å²) in [6, 6.07) is 14.7. The molecule has 0 saturated heterocycles. The predicted octanol–water partition coefficient (Wildman–Crippen LogP) is 4.86. The van der Waals surface area contributed by atoms with Gasteiger partial charge in [0, 0.05) is 45.4 Å². The highest BCUT2D eigenvalue weighted by molar-refractivity contribution is 7.92. The van der Waals surface area contributed by atoms with Crippen LogP contribution in [0.4, 0.5) is 31.8 Å². The number of amides is 1. The van der Waals surface area contributed by atoms with Crippen LogP contribution in [0.25, 0.3) is 0 Å². The normalized spacial score (nSPS) is 18.7. The summed E-state index contributed by atoms with van der Waals surface area (Å²) in [6.07, 6.45) is 3.61. The number of halogens is 2. The average Bonchev–Trinajstić information content (AvgIpc) is 3.61. The van der Waals surface area contributed by atoms with Gasteiger partial charge in [-0.3, -0.25) is 14.2 Å². The van der Waals surface area contributed by atoms with E-state index in [1.807, 2.05) is 7.05 Å². The van der Waals surface area contributed by atoms with E-state index in [0.717, 1.165) is 0 Å². The number of anilines is 4. The second-order valence-corrected chi connectivity index (χ2v) is 12.3. The molecule has 2 aliphatic rings. The molecular formula is C28H31F2N7O3S. The van der Waals surface area contributed by atoms with E-state index in [2.05, 4.69) is 20.8 Å². The van der Waals surface area contributed by atoms with Gasteiger partial charge in [0.25, 0.3) is 0 Å². The molecule has 2 unspecified atom stereocenters. The van der Waals surface area contributed by atoms with Crippen molar-refractivity contribution >= 4 is 38.8 Å². The van der Waals surface area contributed by atoms with E-state index in [1.54, 1.807) is 71.3 Å². The maximum Gasteiger partial charge on any atom is 0.248 e.